The predicted octanol–water partition coefficient (Wildman–Crippen LogP) is -0.584. The second-order valence-electron chi connectivity index (χ2n) is 1.27. The third-order valence-corrected chi connectivity index (χ3v) is 0.696. The summed E-state index contributed by atoms with van der Waals surface area (Å²) >= 11 is 0. The monoisotopic (exact) mass is 97.1 g/mol. The Morgan fingerprint density at radius 1 is 1.71 bits per heavy atom. The lowest BCUT2D eigenvalue weighted by molar-refractivity contribution is 0.639. The quantitative estimate of drug-likeness (QED) is 0.424. The summed E-state index contributed by atoms with van der Waals surface area (Å²) in [5, 5.41) is 2.78. The summed E-state index contributed by atoms with van der Waals surface area (Å²) < 4.78 is 0. The zero-order valence-electron chi connectivity index (χ0n) is 3.83. The molecular weight excluding hydrogens is 90.1 g/mol. The summed E-state index contributed by atoms with van der Waals surface area (Å²) in [7, 11) is 0. The van der Waals surface area contributed by atoms with E-state index in [2.05, 4.69) is 10.3 Å². The van der Waals surface area contributed by atoms with E-state index < -0.39 is 0 Å². The van der Waals surface area contributed by atoms with E-state index in [0.717, 1.165) is 0 Å². The van der Waals surface area contributed by atoms with Gasteiger partial charge in [0.1, 0.15) is 0 Å². The largest absolute Gasteiger partial charge is 0.358 e. The highest BCUT2D eigenvalue weighted by molar-refractivity contribution is 5.71. The van der Waals surface area contributed by atoms with Gasteiger partial charge in [0.2, 0.25) is 0 Å². The number of rotatable bonds is 0. The fourth-order valence-electron chi connectivity index (χ4n) is 0.383. The van der Waals surface area contributed by atoms with Crippen LogP contribution in [0.3, 0.4) is 0 Å². The van der Waals surface area contributed by atoms with Gasteiger partial charge < -0.3 is 5.32 Å². The normalized spacial score (nSPS) is 27.3. The van der Waals surface area contributed by atoms with Gasteiger partial charge in [-0.2, -0.15) is 0 Å². The molecule has 0 aromatic carbocycles. The van der Waals surface area contributed by atoms with Gasteiger partial charge in [-0.1, -0.05) is 0 Å². The van der Waals surface area contributed by atoms with Crippen LogP contribution in [0.2, 0.25) is 0 Å². The van der Waals surface area contributed by atoms with Crippen LogP contribution in [0.25, 0.3) is 0 Å². The van der Waals surface area contributed by atoms with Gasteiger partial charge in [0.15, 0.2) is 6.29 Å². The summed E-state index contributed by atoms with van der Waals surface area (Å²) in [6.07, 6.45) is 4.99. The first-order valence-electron chi connectivity index (χ1n) is 2.09. The van der Waals surface area contributed by atoms with Crippen LogP contribution in [0.15, 0.2) is 17.3 Å². The maximum Gasteiger partial charge on any atom is 0.170 e. The van der Waals surface area contributed by atoms with Crippen molar-refractivity contribution in [2.75, 3.05) is 0 Å². The van der Waals surface area contributed by atoms with E-state index in [-0.39, 0.29) is 6.29 Å². The van der Waals surface area contributed by atoms with Crippen LogP contribution in [0.4, 0.5) is 0 Å². The summed E-state index contributed by atoms with van der Waals surface area (Å²) in [5.41, 5.74) is 5.27. The standard InChI is InChI=1S/C4H7N3/c5-4-6-2-1-3-7-4/h1-4,6H,5H2. The number of aliphatic imine (C=N–C) groups is 1. The molecule has 38 valence electrons. The van der Waals surface area contributed by atoms with Crippen molar-refractivity contribution >= 4 is 6.21 Å². The molecule has 3 heteroatoms. The summed E-state index contributed by atoms with van der Waals surface area (Å²) in [6, 6.07) is 0. The molecule has 1 heterocycles. The predicted molar refractivity (Wildman–Crippen MR) is 28.7 cm³/mol. The van der Waals surface area contributed by atoms with Gasteiger partial charge in [-0.25, -0.2) is 0 Å². The van der Waals surface area contributed by atoms with Crippen molar-refractivity contribution in [3.05, 3.63) is 12.3 Å². The molecule has 1 aliphatic rings. The molecule has 0 bridgehead atoms. The minimum absolute atomic E-state index is 0.231. The van der Waals surface area contributed by atoms with E-state index in [1.54, 1.807) is 18.5 Å². The molecule has 0 aliphatic carbocycles. The van der Waals surface area contributed by atoms with Gasteiger partial charge in [-0.15, -0.1) is 0 Å². The molecule has 0 aromatic rings. The first-order valence-corrected chi connectivity index (χ1v) is 2.09. The molecule has 1 unspecified atom stereocenters. The van der Waals surface area contributed by atoms with Crippen LogP contribution in [-0.2, 0) is 0 Å². The Balaban J connectivity index is 2.49. The van der Waals surface area contributed by atoms with E-state index in [9.17, 15) is 0 Å². The number of nitrogens with zero attached hydrogens (tertiary/aromatic N) is 1. The van der Waals surface area contributed by atoms with Crippen molar-refractivity contribution in [2.24, 2.45) is 10.7 Å². The van der Waals surface area contributed by atoms with Crippen molar-refractivity contribution in [3.8, 4) is 0 Å². The molecule has 0 saturated heterocycles. The molecule has 0 spiro atoms. The van der Waals surface area contributed by atoms with Crippen LogP contribution in [-0.4, -0.2) is 12.5 Å². The molecule has 0 radical (unpaired) electrons. The van der Waals surface area contributed by atoms with Gasteiger partial charge in [0.25, 0.3) is 0 Å². The van der Waals surface area contributed by atoms with Gasteiger partial charge in [-0.05, 0) is 6.08 Å². The maximum atomic E-state index is 5.27. The highest BCUT2D eigenvalue weighted by Crippen LogP contribution is 1.79. The van der Waals surface area contributed by atoms with Crippen LogP contribution in [0.1, 0.15) is 0 Å². The van der Waals surface area contributed by atoms with Gasteiger partial charge in [-0.3, -0.25) is 10.7 Å². The Labute approximate surface area is 41.9 Å². The molecular formula is C4H7N3. The van der Waals surface area contributed by atoms with Crippen LogP contribution < -0.4 is 11.1 Å². The lowest BCUT2D eigenvalue weighted by Crippen LogP contribution is -2.32. The smallest absolute Gasteiger partial charge is 0.170 e. The van der Waals surface area contributed by atoms with Crippen molar-refractivity contribution in [2.45, 2.75) is 6.29 Å². The second-order valence-corrected chi connectivity index (χ2v) is 1.27. The zero-order chi connectivity index (χ0) is 5.11. The van der Waals surface area contributed by atoms with Crippen molar-refractivity contribution in [1.82, 2.24) is 5.32 Å². The SMILES string of the molecule is NC1N=CC=CN1. The first kappa shape index (κ1) is 4.33. The minimum Gasteiger partial charge on any atom is -0.358 e. The van der Waals surface area contributed by atoms with Crippen LogP contribution in [0, 0.1) is 0 Å². The molecule has 7 heavy (non-hydrogen) atoms. The molecule has 0 saturated carbocycles. The van der Waals surface area contributed by atoms with Crippen LogP contribution in [0.5, 0.6) is 0 Å². The van der Waals surface area contributed by atoms with Crippen molar-refractivity contribution < 1.29 is 0 Å². The Hall–Kier alpha value is -0.830. The number of nitrogens with two attached hydrogens (primary N) is 1. The minimum atomic E-state index is -0.231. The number of hydrogen-bond donors (Lipinski definition) is 2. The van der Waals surface area contributed by atoms with Crippen LogP contribution >= 0.6 is 0 Å². The molecule has 1 rings (SSSR count). The highest BCUT2D eigenvalue weighted by atomic mass is 15.2. The van der Waals surface area contributed by atoms with Gasteiger partial charge in [0.05, 0.1) is 0 Å². The molecule has 3 N–H and O–H groups in total. The molecule has 0 amide bonds. The number of nitrogens with one attached hydrogen (secondary N) is 1. The lowest BCUT2D eigenvalue weighted by atomic mass is 10.6. The summed E-state index contributed by atoms with van der Waals surface area (Å²) in [5.74, 6) is 0. The molecule has 1 atom stereocenters. The Morgan fingerprint density at radius 3 is 2.86 bits per heavy atom. The third kappa shape index (κ3) is 1.01. The van der Waals surface area contributed by atoms with E-state index in [1.807, 2.05) is 0 Å². The Morgan fingerprint density at radius 2 is 2.57 bits per heavy atom. The third-order valence-electron chi connectivity index (χ3n) is 0.696. The Bertz CT molecular complexity index is 106. The highest BCUT2D eigenvalue weighted by Gasteiger charge is 1.91. The average molecular weight is 97.1 g/mol. The fraction of sp³-hybridized carbons (Fsp3) is 0.250. The average Bonchev–Trinajstić information content (AvgIpc) is 1.69. The van der Waals surface area contributed by atoms with Crippen molar-refractivity contribution in [3.63, 3.8) is 0 Å². The Kier molecular flexibility index (Phi) is 1.08. The zero-order valence-corrected chi connectivity index (χ0v) is 3.83. The molecule has 0 fully saturated rings. The molecule has 0 aromatic heterocycles. The molecule has 3 nitrogen and oxygen atoms in total. The first-order chi connectivity index (χ1) is 3.39. The molecule has 1 aliphatic heterocycles. The number of allylic oxidation sites excluding steroid dienone is 1. The second kappa shape index (κ2) is 1.75. The maximum absolute atomic E-state index is 5.27. The topological polar surface area (TPSA) is 50.4 Å². The summed E-state index contributed by atoms with van der Waals surface area (Å²) in [4.78, 5) is 3.78. The van der Waals surface area contributed by atoms with E-state index in [1.165, 1.54) is 0 Å². The van der Waals surface area contributed by atoms with Gasteiger partial charge >= 0.3 is 0 Å². The fourth-order valence-corrected chi connectivity index (χ4v) is 0.383. The van der Waals surface area contributed by atoms with E-state index in [4.69, 9.17) is 5.73 Å². The van der Waals surface area contributed by atoms with E-state index in [0.29, 0.717) is 0 Å². The summed E-state index contributed by atoms with van der Waals surface area (Å²) in [6.45, 7) is 0. The lowest BCUT2D eigenvalue weighted by Gasteiger charge is -2.06. The van der Waals surface area contributed by atoms with Gasteiger partial charge in [0, 0.05) is 12.4 Å². The van der Waals surface area contributed by atoms with E-state index >= 15 is 0 Å². The van der Waals surface area contributed by atoms with Crippen molar-refractivity contribution in [1.29, 1.82) is 0 Å². The number of hydrogen-bond acceptors (Lipinski definition) is 3.